The minimum atomic E-state index is -0.278. The molecule has 154 valence electrons. The Balaban J connectivity index is 1.60. The normalized spacial score (nSPS) is 12.2. The van der Waals surface area contributed by atoms with Crippen molar-refractivity contribution in [2.24, 2.45) is 7.05 Å². The van der Waals surface area contributed by atoms with Crippen LogP contribution < -0.4 is 5.32 Å². The molecule has 1 aromatic carbocycles. The zero-order chi connectivity index (χ0) is 21.1. The highest BCUT2D eigenvalue weighted by atomic mass is 16.3. The Morgan fingerprint density at radius 1 is 1.20 bits per heavy atom. The second-order valence-corrected chi connectivity index (χ2v) is 7.43. The maximum Gasteiger partial charge on any atom is 0.272 e. The lowest BCUT2D eigenvalue weighted by Crippen LogP contribution is -2.37. The Labute approximate surface area is 175 Å². The molecule has 1 atom stereocenters. The average molecular weight is 403 g/mol. The summed E-state index contributed by atoms with van der Waals surface area (Å²) in [6.45, 7) is 1.83. The summed E-state index contributed by atoms with van der Waals surface area (Å²) in [6, 6.07) is 13.8. The summed E-state index contributed by atoms with van der Waals surface area (Å²) in [7, 11) is 1.90. The molecule has 4 aromatic rings. The Kier molecular flexibility index (Phi) is 5.63. The molecule has 0 aliphatic carbocycles. The van der Waals surface area contributed by atoms with E-state index in [0.29, 0.717) is 18.5 Å². The van der Waals surface area contributed by atoms with E-state index in [1.165, 1.54) is 0 Å². The predicted molar refractivity (Wildman–Crippen MR) is 115 cm³/mol. The van der Waals surface area contributed by atoms with Crippen LogP contribution >= 0.6 is 0 Å². The number of aliphatic hydroxyl groups is 1. The van der Waals surface area contributed by atoms with E-state index in [1.807, 2.05) is 50.8 Å². The predicted octanol–water partition coefficient (Wildman–Crippen LogP) is 2.83. The molecule has 0 spiro atoms. The number of benzene rings is 1. The molecule has 7 heteroatoms. The van der Waals surface area contributed by atoms with Crippen LogP contribution in [-0.2, 0) is 13.5 Å². The van der Waals surface area contributed by atoms with E-state index in [9.17, 15) is 9.90 Å². The number of carbonyl (C=O) groups excluding carboxylic acids is 1. The zero-order valence-corrected chi connectivity index (χ0v) is 17.1. The van der Waals surface area contributed by atoms with E-state index in [1.54, 1.807) is 9.20 Å². The van der Waals surface area contributed by atoms with Gasteiger partial charge in [0, 0.05) is 25.0 Å². The molecule has 0 fully saturated rings. The Morgan fingerprint density at radius 3 is 2.67 bits per heavy atom. The number of nitrogens with one attached hydrogen (secondary N) is 1. The fraction of sp³-hybridized carbons (Fsp3) is 0.261. The van der Waals surface area contributed by atoms with Crippen molar-refractivity contribution in [2.75, 3.05) is 6.61 Å². The number of aromatic nitrogens is 4. The number of carbonyl (C=O) groups is 1. The lowest BCUT2D eigenvalue weighted by Gasteiger charge is -2.14. The molecule has 2 N–H and O–H groups in total. The standard InChI is InChI=1S/C23H25N5O2/c1-3-20(15-29)25-23(30)21-12-18(22-5-4-10-28(22)26-21)11-16-6-8-17(9-7-16)19-13-24-27(2)14-19/h4-10,12-14,20,29H,3,11,15H2,1-2H3,(H,25,30). The van der Waals surface area contributed by atoms with Gasteiger partial charge in [0.2, 0.25) is 0 Å². The first-order valence-corrected chi connectivity index (χ1v) is 10.0. The van der Waals surface area contributed by atoms with Gasteiger partial charge in [-0.05, 0) is 47.7 Å². The number of nitrogens with zero attached hydrogens (tertiary/aromatic N) is 4. The molecule has 0 radical (unpaired) electrons. The Bertz CT molecular complexity index is 1160. The summed E-state index contributed by atoms with van der Waals surface area (Å²) in [4.78, 5) is 12.6. The van der Waals surface area contributed by atoms with Crippen LogP contribution in [0.4, 0.5) is 0 Å². The van der Waals surface area contributed by atoms with Gasteiger partial charge in [0.15, 0.2) is 0 Å². The summed E-state index contributed by atoms with van der Waals surface area (Å²) in [5, 5.41) is 20.9. The molecule has 1 unspecified atom stereocenters. The molecular weight excluding hydrogens is 378 g/mol. The van der Waals surface area contributed by atoms with E-state index < -0.39 is 0 Å². The lowest BCUT2D eigenvalue weighted by molar-refractivity contribution is 0.0908. The van der Waals surface area contributed by atoms with Crippen molar-refractivity contribution in [3.63, 3.8) is 0 Å². The number of fused-ring (bicyclic) bond motifs is 1. The molecule has 7 nitrogen and oxygen atoms in total. The number of hydrogen-bond donors (Lipinski definition) is 2. The maximum absolute atomic E-state index is 12.6. The second kappa shape index (κ2) is 8.51. The van der Waals surface area contributed by atoms with Crippen LogP contribution in [0.25, 0.3) is 16.6 Å². The lowest BCUT2D eigenvalue weighted by atomic mass is 10.0. The van der Waals surface area contributed by atoms with Crippen molar-refractivity contribution < 1.29 is 9.90 Å². The van der Waals surface area contributed by atoms with Crippen molar-refractivity contribution in [3.05, 3.63) is 77.9 Å². The van der Waals surface area contributed by atoms with Gasteiger partial charge < -0.3 is 10.4 Å². The summed E-state index contributed by atoms with van der Waals surface area (Å²) in [5.41, 5.74) is 5.67. The molecule has 30 heavy (non-hydrogen) atoms. The number of amides is 1. The number of hydrogen-bond acceptors (Lipinski definition) is 4. The first-order chi connectivity index (χ1) is 14.6. The Hall–Kier alpha value is -3.45. The van der Waals surface area contributed by atoms with E-state index in [0.717, 1.165) is 27.8 Å². The van der Waals surface area contributed by atoms with E-state index in [4.69, 9.17) is 0 Å². The zero-order valence-electron chi connectivity index (χ0n) is 17.1. The van der Waals surface area contributed by atoms with Gasteiger partial charge in [-0.3, -0.25) is 9.48 Å². The van der Waals surface area contributed by atoms with E-state index in [-0.39, 0.29) is 18.6 Å². The second-order valence-electron chi connectivity index (χ2n) is 7.43. The highest BCUT2D eigenvalue weighted by molar-refractivity contribution is 5.93. The largest absolute Gasteiger partial charge is 0.394 e. The fourth-order valence-electron chi connectivity index (χ4n) is 3.49. The third-order valence-corrected chi connectivity index (χ3v) is 5.25. The highest BCUT2D eigenvalue weighted by Gasteiger charge is 2.16. The number of rotatable bonds is 7. The molecule has 3 heterocycles. The van der Waals surface area contributed by atoms with Crippen molar-refractivity contribution >= 4 is 11.4 Å². The van der Waals surface area contributed by atoms with Gasteiger partial charge in [-0.25, -0.2) is 4.52 Å². The molecule has 3 aromatic heterocycles. The number of aryl methyl sites for hydroxylation is 1. The van der Waals surface area contributed by atoms with Gasteiger partial charge >= 0.3 is 0 Å². The van der Waals surface area contributed by atoms with Gasteiger partial charge in [0.05, 0.1) is 24.4 Å². The van der Waals surface area contributed by atoms with Crippen LogP contribution in [0, 0.1) is 0 Å². The molecular formula is C23H25N5O2. The van der Waals surface area contributed by atoms with Gasteiger partial charge in [-0.1, -0.05) is 31.2 Å². The minimum Gasteiger partial charge on any atom is -0.394 e. The van der Waals surface area contributed by atoms with Crippen LogP contribution in [0.1, 0.15) is 35.0 Å². The molecule has 0 bridgehead atoms. The molecule has 0 aliphatic heterocycles. The average Bonchev–Trinajstić information content (AvgIpc) is 3.41. The van der Waals surface area contributed by atoms with Crippen LogP contribution in [0.2, 0.25) is 0 Å². The van der Waals surface area contributed by atoms with Crippen LogP contribution in [0.15, 0.2) is 61.1 Å². The van der Waals surface area contributed by atoms with E-state index >= 15 is 0 Å². The smallest absolute Gasteiger partial charge is 0.272 e. The highest BCUT2D eigenvalue weighted by Crippen LogP contribution is 2.22. The van der Waals surface area contributed by atoms with Crippen LogP contribution in [0.5, 0.6) is 0 Å². The first-order valence-electron chi connectivity index (χ1n) is 10.0. The molecule has 0 saturated carbocycles. The van der Waals surface area contributed by atoms with Crippen LogP contribution in [-0.4, -0.2) is 43.1 Å². The van der Waals surface area contributed by atoms with Crippen molar-refractivity contribution in [1.29, 1.82) is 0 Å². The van der Waals surface area contributed by atoms with Gasteiger partial charge in [-0.15, -0.1) is 0 Å². The van der Waals surface area contributed by atoms with Gasteiger partial charge in [-0.2, -0.15) is 10.2 Å². The third kappa shape index (κ3) is 4.11. The van der Waals surface area contributed by atoms with Crippen molar-refractivity contribution in [3.8, 4) is 11.1 Å². The summed E-state index contributed by atoms with van der Waals surface area (Å²) < 4.78 is 3.52. The molecule has 0 saturated heterocycles. The fourth-order valence-corrected chi connectivity index (χ4v) is 3.49. The van der Waals surface area contributed by atoms with Crippen molar-refractivity contribution in [1.82, 2.24) is 24.7 Å². The quantitative estimate of drug-likeness (QED) is 0.497. The van der Waals surface area contributed by atoms with Gasteiger partial charge in [0.1, 0.15) is 5.69 Å². The topological polar surface area (TPSA) is 84.5 Å². The monoisotopic (exact) mass is 403 g/mol. The SMILES string of the molecule is CCC(CO)NC(=O)c1cc(Cc2ccc(-c3cnn(C)c3)cc2)c2cccn2n1. The summed E-state index contributed by atoms with van der Waals surface area (Å²) >= 11 is 0. The molecule has 0 aliphatic rings. The van der Waals surface area contributed by atoms with Crippen LogP contribution in [0.3, 0.4) is 0 Å². The molecule has 1 amide bonds. The number of aliphatic hydroxyl groups excluding tert-OH is 1. The van der Waals surface area contributed by atoms with E-state index in [2.05, 4.69) is 39.8 Å². The van der Waals surface area contributed by atoms with Crippen molar-refractivity contribution in [2.45, 2.75) is 25.8 Å². The summed E-state index contributed by atoms with van der Waals surface area (Å²) in [5.74, 6) is -0.278. The molecule has 4 rings (SSSR count). The third-order valence-electron chi connectivity index (χ3n) is 5.25. The van der Waals surface area contributed by atoms with Gasteiger partial charge in [0.25, 0.3) is 5.91 Å². The summed E-state index contributed by atoms with van der Waals surface area (Å²) in [6.07, 6.45) is 7.02. The maximum atomic E-state index is 12.6. The Morgan fingerprint density at radius 2 is 2.00 bits per heavy atom. The minimum absolute atomic E-state index is 0.0931. The first kappa shape index (κ1) is 19.8.